The third kappa shape index (κ3) is 2.06. The summed E-state index contributed by atoms with van der Waals surface area (Å²) in [5.74, 6) is 1.52. The first kappa shape index (κ1) is 12.1. The van der Waals surface area contributed by atoms with Gasteiger partial charge in [0.05, 0.1) is 5.02 Å². The molecule has 0 saturated carbocycles. The molecule has 2 aliphatic rings. The topological polar surface area (TPSA) is 30.5 Å². The van der Waals surface area contributed by atoms with Crippen LogP contribution in [0.25, 0.3) is 0 Å². The minimum absolute atomic E-state index is 0.281. The maximum atomic E-state index is 6.42. The Morgan fingerprint density at radius 3 is 3.06 bits per heavy atom. The Kier molecular flexibility index (Phi) is 3.35. The fourth-order valence-electron chi connectivity index (χ4n) is 2.85. The van der Waals surface area contributed by atoms with E-state index in [1.807, 2.05) is 0 Å². The summed E-state index contributed by atoms with van der Waals surface area (Å²) >= 11 is 6.42. The predicted octanol–water partition coefficient (Wildman–Crippen LogP) is 2.93. The van der Waals surface area contributed by atoms with E-state index in [-0.39, 0.29) is 6.79 Å². The van der Waals surface area contributed by atoms with E-state index in [9.17, 15) is 0 Å². The Morgan fingerprint density at radius 2 is 2.33 bits per heavy atom. The zero-order valence-corrected chi connectivity index (χ0v) is 11.3. The second kappa shape index (κ2) is 4.98. The molecule has 1 aromatic rings. The van der Waals surface area contributed by atoms with Gasteiger partial charge in [-0.1, -0.05) is 18.5 Å². The molecule has 4 heteroatoms. The zero-order chi connectivity index (χ0) is 12.5. The molecule has 2 heterocycles. The largest absolute Gasteiger partial charge is 0.454 e. The van der Waals surface area contributed by atoms with Gasteiger partial charge >= 0.3 is 0 Å². The van der Waals surface area contributed by atoms with Crippen LogP contribution in [0, 0.1) is 0 Å². The molecule has 2 aliphatic heterocycles. The number of nitrogens with one attached hydrogen (secondary N) is 1. The minimum Gasteiger partial charge on any atom is -0.454 e. The maximum absolute atomic E-state index is 6.42. The molecule has 0 bridgehead atoms. The fraction of sp³-hybridized carbons (Fsp3) is 0.571. The van der Waals surface area contributed by atoms with Crippen LogP contribution >= 0.6 is 11.6 Å². The first-order valence-electron chi connectivity index (χ1n) is 6.62. The molecule has 3 rings (SSSR count). The number of hydrogen-bond donors (Lipinski definition) is 1. The van der Waals surface area contributed by atoms with Crippen LogP contribution in [0.4, 0.5) is 0 Å². The van der Waals surface area contributed by atoms with Crippen LogP contribution in [-0.2, 0) is 12.8 Å². The van der Waals surface area contributed by atoms with Gasteiger partial charge in [-0.05, 0) is 49.4 Å². The number of rotatable bonds is 3. The Bertz CT molecular complexity index is 456. The molecular weight excluding hydrogens is 250 g/mol. The third-order valence-corrected chi connectivity index (χ3v) is 4.18. The molecule has 0 spiro atoms. The normalized spacial score (nSPS) is 21.6. The summed E-state index contributed by atoms with van der Waals surface area (Å²) in [6.45, 7) is 3.54. The molecule has 1 N–H and O–H groups in total. The van der Waals surface area contributed by atoms with Crippen LogP contribution in [0.2, 0.25) is 5.02 Å². The van der Waals surface area contributed by atoms with Crippen molar-refractivity contribution in [3.8, 4) is 11.5 Å². The van der Waals surface area contributed by atoms with Crippen molar-refractivity contribution in [2.75, 3.05) is 13.3 Å². The summed E-state index contributed by atoms with van der Waals surface area (Å²) in [7, 11) is 0. The van der Waals surface area contributed by atoms with Crippen molar-refractivity contribution in [1.82, 2.24) is 5.32 Å². The lowest BCUT2D eigenvalue weighted by Gasteiger charge is -2.16. The highest BCUT2D eigenvalue weighted by atomic mass is 35.5. The highest BCUT2D eigenvalue weighted by Gasteiger charge is 2.24. The van der Waals surface area contributed by atoms with E-state index < -0.39 is 0 Å². The predicted molar refractivity (Wildman–Crippen MR) is 71.7 cm³/mol. The van der Waals surface area contributed by atoms with Crippen LogP contribution in [0.1, 0.15) is 30.9 Å². The van der Waals surface area contributed by atoms with E-state index in [1.54, 1.807) is 0 Å². The van der Waals surface area contributed by atoms with E-state index in [0.717, 1.165) is 35.9 Å². The van der Waals surface area contributed by atoms with Gasteiger partial charge in [-0.3, -0.25) is 0 Å². The summed E-state index contributed by atoms with van der Waals surface area (Å²) in [6, 6.07) is 2.68. The highest BCUT2D eigenvalue weighted by molar-refractivity contribution is 6.33. The molecule has 0 amide bonds. The van der Waals surface area contributed by atoms with Crippen molar-refractivity contribution in [2.24, 2.45) is 0 Å². The Labute approximate surface area is 112 Å². The molecule has 18 heavy (non-hydrogen) atoms. The Hall–Kier alpha value is -0.930. The number of halogens is 1. The van der Waals surface area contributed by atoms with Gasteiger partial charge in [0.2, 0.25) is 6.79 Å². The second-order valence-corrected chi connectivity index (χ2v) is 5.29. The van der Waals surface area contributed by atoms with Crippen molar-refractivity contribution >= 4 is 11.6 Å². The van der Waals surface area contributed by atoms with E-state index in [2.05, 4.69) is 18.3 Å². The van der Waals surface area contributed by atoms with Gasteiger partial charge in [0.15, 0.2) is 11.5 Å². The lowest BCUT2D eigenvalue weighted by molar-refractivity contribution is 0.174. The number of fused-ring (bicyclic) bond motifs is 1. The average Bonchev–Trinajstić information content (AvgIpc) is 3.00. The average molecular weight is 268 g/mol. The SMILES string of the molecule is CCc1c(CC2CCCN2)cc2c(c1Cl)OCO2. The second-order valence-electron chi connectivity index (χ2n) is 4.91. The Balaban J connectivity index is 1.94. The van der Waals surface area contributed by atoms with Crippen molar-refractivity contribution in [3.63, 3.8) is 0 Å². The molecule has 3 nitrogen and oxygen atoms in total. The summed E-state index contributed by atoms with van der Waals surface area (Å²) in [4.78, 5) is 0. The molecule has 1 aromatic carbocycles. The van der Waals surface area contributed by atoms with Gasteiger partial charge < -0.3 is 14.8 Å². The lowest BCUT2D eigenvalue weighted by atomic mass is 9.97. The molecule has 98 valence electrons. The highest BCUT2D eigenvalue weighted by Crippen LogP contribution is 2.43. The molecule has 1 atom stereocenters. The van der Waals surface area contributed by atoms with Crippen LogP contribution in [0.5, 0.6) is 11.5 Å². The van der Waals surface area contributed by atoms with Crippen molar-refractivity contribution in [3.05, 3.63) is 22.2 Å². The first-order valence-corrected chi connectivity index (χ1v) is 7.00. The van der Waals surface area contributed by atoms with Crippen LogP contribution in [-0.4, -0.2) is 19.4 Å². The summed E-state index contributed by atoms with van der Waals surface area (Å²) < 4.78 is 10.9. The lowest BCUT2D eigenvalue weighted by Crippen LogP contribution is -2.24. The quantitative estimate of drug-likeness (QED) is 0.913. The first-order chi connectivity index (χ1) is 8.79. The van der Waals surface area contributed by atoms with Gasteiger partial charge in [0.1, 0.15) is 0 Å². The molecule has 0 aliphatic carbocycles. The van der Waals surface area contributed by atoms with E-state index in [1.165, 1.54) is 24.0 Å². The molecule has 1 unspecified atom stereocenters. The van der Waals surface area contributed by atoms with Gasteiger partial charge in [0.25, 0.3) is 0 Å². The van der Waals surface area contributed by atoms with Crippen LogP contribution in [0.15, 0.2) is 6.07 Å². The summed E-state index contributed by atoms with van der Waals surface area (Å²) in [5.41, 5.74) is 2.50. The molecule has 0 aromatic heterocycles. The molecule has 1 saturated heterocycles. The van der Waals surface area contributed by atoms with Gasteiger partial charge in [-0.25, -0.2) is 0 Å². The summed E-state index contributed by atoms with van der Waals surface area (Å²) in [6.07, 6.45) is 4.47. The van der Waals surface area contributed by atoms with Crippen molar-refractivity contribution in [1.29, 1.82) is 0 Å². The van der Waals surface area contributed by atoms with Crippen LogP contribution in [0.3, 0.4) is 0 Å². The minimum atomic E-state index is 0.281. The van der Waals surface area contributed by atoms with Gasteiger partial charge in [0, 0.05) is 6.04 Å². The fourth-order valence-corrected chi connectivity index (χ4v) is 3.25. The molecular formula is C14H18ClNO2. The van der Waals surface area contributed by atoms with E-state index in [0.29, 0.717) is 6.04 Å². The monoisotopic (exact) mass is 267 g/mol. The maximum Gasteiger partial charge on any atom is 0.231 e. The van der Waals surface area contributed by atoms with Crippen LogP contribution < -0.4 is 14.8 Å². The third-order valence-electron chi connectivity index (χ3n) is 3.78. The van der Waals surface area contributed by atoms with Crippen molar-refractivity contribution < 1.29 is 9.47 Å². The standard InChI is InChI=1S/C14H18ClNO2/c1-2-11-9(6-10-4-3-5-16-10)7-12-14(13(11)15)18-8-17-12/h7,10,16H,2-6,8H2,1H3. The van der Waals surface area contributed by atoms with E-state index in [4.69, 9.17) is 21.1 Å². The van der Waals surface area contributed by atoms with E-state index >= 15 is 0 Å². The number of benzene rings is 1. The molecule has 0 radical (unpaired) electrons. The van der Waals surface area contributed by atoms with Gasteiger partial charge in [-0.2, -0.15) is 0 Å². The van der Waals surface area contributed by atoms with Gasteiger partial charge in [-0.15, -0.1) is 0 Å². The zero-order valence-electron chi connectivity index (χ0n) is 10.6. The smallest absolute Gasteiger partial charge is 0.231 e. The Morgan fingerprint density at radius 1 is 1.44 bits per heavy atom. The summed E-state index contributed by atoms with van der Waals surface area (Å²) in [5, 5.41) is 4.26. The number of ether oxygens (including phenoxy) is 2. The number of hydrogen-bond acceptors (Lipinski definition) is 3. The van der Waals surface area contributed by atoms with Crippen molar-refractivity contribution in [2.45, 2.75) is 38.6 Å². The molecule has 1 fully saturated rings.